The third-order valence-electron chi connectivity index (χ3n) is 2.04. The second kappa shape index (κ2) is 4.49. The smallest absolute Gasteiger partial charge is 0.0149 e. The molecule has 0 aromatic carbocycles. The van der Waals surface area contributed by atoms with E-state index in [1.807, 2.05) is 0 Å². The lowest BCUT2D eigenvalue weighted by molar-refractivity contribution is 0.259. The van der Waals surface area contributed by atoms with Crippen LogP contribution in [0.2, 0.25) is 0 Å². The maximum absolute atomic E-state index is 5.77. The molecule has 3 atom stereocenters. The topological polar surface area (TPSA) is 29.3 Å². The minimum absolute atomic E-state index is 0.312. The summed E-state index contributed by atoms with van der Waals surface area (Å²) < 4.78 is 0. The first-order valence-electron chi connectivity index (χ1n) is 4.71. The molecular weight excluding hydrogens is 168 g/mol. The van der Waals surface area contributed by atoms with Crippen molar-refractivity contribution in [3.8, 4) is 0 Å². The molecule has 12 heavy (non-hydrogen) atoms. The van der Waals surface area contributed by atoms with Crippen LogP contribution in [0.3, 0.4) is 0 Å². The standard InChI is InChI=1S/C9H20N2S/c1-7(10)4-11-5-8(2)12-9(3)6-11/h7-9H,4-6,10H2,1-3H3/t7-,8?,9?/m1/s1. The molecule has 0 radical (unpaired) electrons. The lowest BCUT2D eigenvalue weighted by Crippen LogP contribution is -2.45. The van der Waals surface area contributed by atoms with Crippen molar-refractivity contribution >= 4 is 11.8 Å². The Morgan fingerprint density at radius 3 is 2.33 bits per heavy atom. The largest absolute Gasteiger partial charge is 0.327 e. The van der Waals surface area contributed by atoms with Gasteiger partial charge in [0.05, 0.1) is 0 Å². The van der Waals surface area contributed by atoms with E-state index in [2.05, 4.69) is 37.4 Å². The highest BCUT2D eigenvalue weighted by atomic mass is 32.2. The molecule has 1 saturated heterocycles. The van der Waals surface area contributed by atoms with Crippen LogP contribution in [0.15, 0.2) is 0 Å². The number of hydrogen-bond donors (Lipinski definition) is 1. The normalized spacial score (nSPS) is 35.0. The second-order valence-corrected chi connectivity index (χ2v) is 5.83. The van der Waals surface area contributed by atoms with Crippen molar-refractivity contribution in [2.75, 3.05) is 19.6 Å². The van der Waals surface area contributed by atoms with E-state index in [0.29, 0.717) is 6.04 Å². The van der Waals surface area contributed by atoms with E-state index >= 15 is 0 Å². The van der Waals surface area contributed by atoms with Gasteiger partial charge in [-0.1, -0.05) is 13.8 Å². The van der Waals surface area contributed by atoms with Crippen molar-refractivity contribution in [1.29, 1.82) is 0 Å². The van der Waals surface area contributed by atoms with Gasteiger partial charge in [-0.2, -0.15) is 11.8 Å². The number of thioether (sulfide) groups is 1. The van der Waals surface area contributed by atoms with Crippen molar-refractivity contribution < 1.29 is 0 Å². The molecule has 3 heteroatoms. The predicted octanol–water partition coefficient (Wildman–Crippen LogP) is 1.16. The van der Waals surface area contributed by atoms with E-state index in [4.69, 9.17) is 5.73 Å². The van der Waals surface area contributed by atoms with Crippen molar-refractivity contribution in [2.24, 2.45) is 5.73 Å². The van der Waals surface area contributed by atoms with E-state index in [9.17, 15) is 0 Å². The Morgan fingerprint density at radius 2 is 1.92 bits per heavy atom. The van der Waals surface area contributed by atoms with Gasteiger partial charge in [0.25, 0.3) is 0 Å². The van der Waals surface area contributed by atoms with E-state index in [1.165, 1.54) is 13.1 Å². The first-order chi connectivity index (χ1) is 5.58. The molecule has 0 aromatic heterocycles. The number of rotatable bonds is 2. The Labute approximate surface area is 79.9 Å². The molecule has 0 saturated carbocycles. The maximum atomic E-state index is 5.77. The zero-order chi connectivity index (χ0) is 9.14. The fraction of sp³-hybridized carbons (Fsp3) is 1.00. The highest BCUT2D eigenvalue weighted by Gasteiger charge is 2.22. The second-order valence-electron chi connectivity index (χ2n) is 3.95. The van der Waals surface area contributed by atoms with Crippen LogP contribution in [-0.4, -0.2) is 41.1 Å². The van der Waals surface area contributed by atoms with Gasteiger partial charge in [-0.3, -0.25) is 4.90 Å². The van der Waals surface area contributed by atoms with Crippen LogP contribution in [-0.2, 0) is 0 Å². The zero-order valence-corrected chi connectivity index (χ0v) is 9.10. The van der Waals surface area contributed by atoms with Gasteiger partial charge in [-0.25, -0.2) is 0 Å². The van der Waals surface area contributed by atoms with Gasteiger partial charge >= 0.3 is 0 Å². The highest BCUT2D eigenvalue weighted by Crippen LogP contribution is 2.24. The fourth-order valence-corrected chi connectivity index (χ4v) is 3.23. The van der Waals surface area contributed by atoms with Gasteiger partial charge in [0.15, 0.2) is 0 Å². The Balaban J connectivity index is 2.34. The monoisotopic (exact) mass is 188 g/mol. The van der Waals surface area contributed by atoms with Crippen LogP contribution in [0.25, 0.3) is 0 Å². The van der Waals surface area contributed by atoms with Crippen molar-refractivity contribution in [2.45, 2.75) is 37.3 Å². The molecule has 72 valence electrons. The first-order valence-corrected chi connectivity index (χ1v) is 5.65. The van der Waals surface area contributed by atoms with Gasteiger partial charge in [-0.15, -0.1) is 0 Å². The zero-order valence-electron chi connectivity index (χ0n) is 8.29. The van der Waals surface area contributed by atoms with Crippen LogP contribution >= 0.6 is 11.8 Å². The molecule has 2 N–H and O–H groups in total. The van der Waals surface area contributed by atoms with Crippen LogP contribution in [0.1, 0.15) is 20.8 Å². The van der Waals surface area contributed by atoms with Gasteiger partial charge in [0.1, 0.15) is 0 Å². The van der Waals surface area contributed by atoms with E-state index in [1.54, 1.807) is 0 Å². The summed E-state index contributed by atoms with van der Waals surface area (Å²) in [5.74, 6) is 0. The molecule has 0 aromatic rings. The third-order valence-corrected chi connectivity index (χ3v) is 3.27. The Kier molecular flexibility index (Phi) is 3.87. The van der Waals surface area contributed by atoms with Crippen molar-refractivity contribution in [3.63, 3.8) is 0 Å². The van der Waals surface area contributed by atoms with Gasteiger partial charge < -0.3 is 5.73 Å². The Bertz CT molecular complexity index is 126. The van der Waals surface area contributed by atoms with E-state index < -0.39 is 0 Å². The molecule has 0 bridgehead atoms. The molecule has 1 rings (SSSR count). The molecule has 0 aliphatic carbocycles. The van der Waals surface area contributed by atoms with Crippen LogP contribution in [0.5, 0.6) is 0 Å². The van der Waals surface area contributed by atoms with Gasteiger partial charge in [-0.05, 0) is 6.92 Å². The minimum atomic E-state index is 0.312. The lowest BCUT2D eigenvalue weighted by atomic mass is 10.2. The average Bonchev–Trinajstić information content (AvgIpc) is 1.81. The van der Waals surface area contributed by atoms with Crippen LogP contribution in [0.4, 0.5) is 0 Å². The summed E-state index contributed by atoms with van der Waals surface area (Å²) in [4.78, 5) is 2.48. The summed E-state index contributed by atoms with van der Waals surface area (Å²) in [6.07, 6.45) is 0. The van der Waals surface area contributed by atoms with Crippen molar-refractivity contribution in [1.82, 2.24) is 4.90 Å². The highest BCUT2D eigenvalue weighted by molar-refractivity contribution is 8.00. The van der Waals surface area contributed by atoms with Gasteiger partial charge in [0.2, 0.25) is 0 Å². The fourth-order valence-electron chi connectivity index (χ4n) is 1.84. The average molecular weight is 188 g/mol. The van der Waals surface area contributed by atoms with E-state index in [-0.39, 0.29) is 0 Å². The molecule has 2 nitrogen and oxygen atoms in total. The molecule has 0 amide bonds. The lowest BCUT2D eigenvalue weighted by Gasteiger charge is -2.35. The number of nitrogens with two attached hydrogens (primary N) is 1. The summed E-state index contributed by atoms with van der Waals surface area (Å²) in [5.41, 5.74) is 5.77. The molecule has 1 heterocycles. The minimum Gasteiger partial charge on any atom is -0.327 e. The molecule has 0 spiro atoms. The third kappa shape index (κ3) is 3.33. The Hall–Kier alpha value is 0.270. The van der Waals surface area contributed by atoms with Gasteiger partial charge in [0, 0.05) is 36.2 Å². The SMILES string of the molecule is CC1CN(C[C@@H](C)N)CC(C)S1. The molecule has 1 aliphatic heterocycles. The van der Waals surface area contributed by atoms with Crippen molar-refractivity contribution in [3.05, 3.63) is 0 Å². The molecule has 2 unspecified atom stereocenters. The summed E-state index contributed by atoms with van der Waals surface area (Å²) in [7, 11) is 0. The molecular formula is C9H20N2S. The number of nitrogens with zero attached hydrogens (tertiary/aromatic N) is 1. The van der Waals surface area contributed by atoms with E-state index in [0.717, 1.165) is 17.0 Å². The summed E-state index contributed by atoms with van der Waals surface area (Å²) in [5, 5.41) is 1.54. The maximum Gasteiger partial charge on any atom is 0.0149 e. The first kappa shape index (κ1) is 10.4. The Morgan fingerprint density at radius 1 is 1.42 bits per heavy atom. The van der Waals surface area contributed by atoms with Crippen LogP contribution in [0, 0.1) is 0 Å². The molecule has 1 fully saturated rings. The summed E-state index contributed by atoms with van der Waals surface area (Å²) in [6, 6.07) is 0.312. The predicted molar refractivity (Wildman–Crippen MR) is 56.6 cm³/mol. The quantitative estimate of drug-likeness (QED) is 0.705. The van der Waals surface area contributed by atoms with Crippen LogP contribution < -0.4 is 5.73 Å². The summed E-state index contributed by atoms with van der Waals surface area (Å²) in [6.45, 7) is 10.1. The molecule has 1 aliphatic rings. The number of hydrogen-bond acceptors (Lipinski definition) is 3. The summed E-state index contributed by atoms with van der Waals surface area (Å²) >= 11 is 2.09.